The Bertz CT molecular complexity index is 645. The van der Waals surface area contributed by atoms with Gasteiger partial charge in [0.05, 0.1) is 9.40 Å². The van der Waals surface area contributed by atoms with Crippen LogP contribution in [0, 0.1) is 10.1 Å². The summed E-state index contributed by atoms with van der Waals surface area (Å²) in [6.07, 6.45) is 0. The smallest absolute Gasteiger partial charge is 0.285 e. The van der Waals surface area contributed by atoms with Crippen molar-refractivity contribution in [3.8, 4) is 0 Å². The molecule has 2 rings (SSSR count). The van der Waals surface area contributed by atoms with E-state index in [9.17, 15) is 14.9 Å². The number of nitro groups is 1. The fourth-order valence-corrected chi connectivity index (χ4v) is 2.66. The summed E-state index contributed by atoms with van der Waals surface area (Å²) in [4.78, 5) is 23.0. The maximum atomic E-state index is 12.0. The number of nitrogens with one attached hydrogen (secondary N) is 1. The van der Waals surface area contributed by atoms with Crippen molar-refractivity contribution in [2.45, 2.75) is 6.04 Å². The van der Waals surface area contributed by atoms with Gasteiger partial charge in [-0.1, -0.05) is 6.07 Å². The average molecular weight is 356 g/mol. The number of hydrogen-bond acceptors (Lipinski definition) is 5. The van der Waals surface area contributed by atoms with Crippen molar-refractivity contribution in [1.29, 1.82) is 0 Å². The Labute approximate surface area is 126 Å². The van der Waals surface area contributed by atoms with E-state index >= 15 is 0 Å². The molecular weight excluding hydrogens is 346 g/mol. The first kappa shape index (κ1) is 14.6. The van der Waals surface area contributed by atoms with Crippen LogP contribution >= 0.6 is 27.3 Å². The van der Waals surface area contributed by atoms with Crippen molar-refractivity contribution < 1.29 is 9.72 Å². The number of halogens is 1. The van der Waals surface area contributed by atoms with Crippen molar-refractivity contribution in [1.82, 2.24) is 0 Å². The zero-order valence-corrected chi connectivity index (χ0v) is 12.5. The van der Waals surface area contributed by atoms with E-state index < -0.39 is 16.9 Å². The van der Waals surface area contributed by atoms with Gasteiger partial charge in [0.1, 0.15) is 6.04 Å². The summed E-state index contributed by atoms with van der Waals surface area (Å²) in [5.41, 5.74) is 6.03. The molecule has 6 nitrogen and oxygen atoms in total. The molecule has 1 aromatic carbocycles. The molecule has 0 saturated carbocycles. The van der Waals surface area contributed by atoms with Crippen LogP contribution in [0.3, 0.4) is 0 Å². The van der Waals surface area contributed by atoms with Gasteiger partial charge in [0.15, 0.2) is 0 Å². The molecule has 2 aromatic rings. The van der Waals surface area contributed by atoms with Crippen LogP contribution in [-0.4, -0.2) is 10.8 Å². The van der Waals surface area contributed by atoms with Crippen LogP contribution in [0.2, 0.25) is 0 Å². The van der Waals surface area contributed by atoms with E-state index in [0.29, 0.717) is 10.2 Å². The number of carbonyl (C=O) groups excluding carboxylic acids is 1. The molecule has 20 heavy (non-hydrogen) atoms. The summed E-state index contributed by atoms with van der Waals surface area (Å²) in [7, 11) is 0. The molecule has 0 aliphatic heterocycles. The first-order chi connectivity index (χ1) is 9.49. The highest BCUT2D eigenvalue weighted by molar-refractivity contribution is 9.10. The third kappa shape index (κ3) is 3.21. The van der Waals surface area contributed by atoms with Crippen molar-refractivity contribution in [3.05, 3.63) is 55.2 Å². The monoisotopic (exact) mass is 355 g/mol. The summed E-state index contributed by atoms with van der Waals surface area (Å²) in [5.74, 6) is -0.413. The molecule has 1 heterocycles. The molecule has 8 heteroatoms. The molecule has 104 valence electrons. The van der Waals surface area contributed by atoms with Gasteiger partial charge < -0.3 is 11.1 Å². The summed E-state index contributed by atoms with van der Waals surface area (Å²) in [6, 6.07) is 7.12. The van der Waals surface area contributed by atoms with Crippen LogP contribution in [0.1, 0.15) is 10.9 Å². The molecule has 0 fully saturated rings. The number of nitrogens with two attached hydrogens (primary N) is 1. The molecule has 1 amide bonds. The average Bonchev–Trinajstić information content (AvgIpc) is 2.93. The van der Waals surface area contributed by atoms with Gasteiger partial charge in [-0.25, -0.2) is 0 Å². The Kier molecular flexibility index (Phi) is 4.48. The Morgan fingerprint density at radius 1 is 1.45 bits per heavy atom. The van der Waals surface area contributed by atoms with E-state index in [4.69, 9.17) is 5.73 Å². The van der Waals surface area contributed by atoms with Crippen LogP contribution in [0.15, 0.2) is 40.2 Å². The molecule has 0 radical (unpaired) electrons. The van der Waals surface area contributed by atoms with Gasteiger partial charge in [0, 0.05) is 16.6 Å². The van der Waals surface area contributed by atoms with Gasteiger partial charge >= 0.3 is 0 Å². The second-order valence-corrected chi connectivity index (χ2v) is 5.74. The van der Waals surface area contributed by atoms with E-state index in [-0.39, 0.29) is 5.69 Å². The molecule has 1 aromatic heterocycles. The number of thiophene rings is 1. The maximum absolute atomic E-state index is 12.0. The quantitative estimate of drug-likeness (QED) is 0.650. The van der Waals surface area contributed by atoms with Crippen LogP contribution in [0.4, 0.5) is 11.4 Å². The van der Waals surface area contributed by atoms with E-state index in [1.165, 1.54) is 23.5 Å². The largest absolute Gasteiger partial charge is 0.324 e. The molecule has 0 bridgehead atoms. The fraction of sp³-hybridized carbons (Fsp3) is 0.0833. The minimum Gasteiger partial charge on any atom is -0.324 e. The number of nitro benzene ring substituents is 1. The molecule has 1 atom stereocenters. The predicted molar refractivity (Wildman–Crippen MR) is 80.7 cm³/mol. The predicted octanol–water partition coefficient (Wildman–Crippen LogP) is 3.06. The van der Waals surface area contributed by atoms with Crippen LogP contribution in [0.25, 0.3) is 0 Å². The third-order valence-corrected chi connectivity index (χ3v) is 4.17. The van der Waals surface area contributed by atoms with Crippen molar-refractivity contribution in [2.24, 2.45) is 5.73 Å². The van der Waals surface area contributed by atoms with Crippen LogP contribution in [-0.2, 0) is 4.79 Å². The zero-order chi connectivity index (χ0) is 14.7. The fourth-order valence-electron chi connectivity index (χ4n) is 1.55. The van der Waals surface area contributed by atoms with Gasteiger partial charge in [0.2, 0.25) is 5.91 Å². The standard InChI is InChI=1S/C12H10BrN3O3S/c13-8-4-3-7(6-9(8)16(18)19)15-12(17)11(14)10-2-1-5-20-10/h1-6,11H,14H2,(H,15,17). The maximum Gasteiger partial charge on any atom is 0.285 e. The second-order valence-electron chi connectivity index (χ2n) is 3.91. The minimum atomic E-state index is -0.794. The lowest BCUT2D eigenvalue weighted by atomic mass is 10.2. The van der Waals surface area contributed by atoms with Gasteiger partial charge in [-0.15, -0.1) is 11.3 Å². The first-order valence-corrected chi connectivity index (χ1v) is 7.20. The Morgan fingerprint density at radius 3 is 2.80 bits per heavy atom. The second kappa shape index (κ2) is 6.12. The van der Waals surface area contributed by atoms with Crippen molar-refractivity contribution in [3.63, 3.8) is 0 Å². The molecule has 0 aliphatic carbocycles. The SMILES string of the molecule is NC(C(=O)Nc1ccc(Br)c([N+](=O)[O-])c1)c1cccs1. The lowest BCUT2D eigenvalue weighted by Crippen LogP contribution is -2.26. The summed E-state index contributed by atoms with van der Waals surface area (Å²) < 4.78 is 0.350. The first-order valence-electron chi connectivity index (χ1n) is 5.53. The van der Waals surface area contributed by atoms with Crippen LogP contribution < -0.4 is 11.1 Å². The normalized spacial score (nSPS) is 11.9. The molecule has 1 unspecified atom stereocenters. The Hall–Kier alpha value is -1.77. The van der Waals surface area contributed by atoms with Gasteiger partial charge in [-0.3, -0.25) is 14.9 Å². The van der Waals surface area contributed by atoms with Gasteiger partial charge in [0.25, 0.3) is 5.69 Å². The van der Waals surface area contributed by atoms with Crippen molar-refractivity contribution in [2.75, 3.05) is 5.32 Å². The number of benzene rings is 1. The van der Waals surface area contributed by atoms with Crippen molar-refractivity contribution >= 4 is 44.5 Å². The number of carbonyl (C=O) groups is 1. The Balaban J connectivity index is 2.16. The molecular formula is C12H10BrN3O3S. The lowest BCUT2D eigenvalue weighted by Gasteiger charge is -2.10. The molecule has 0 spiro atoms. The summed E-state index contributed by atoms with van der Waals surface area (Å²) in [6.45, 7) is 0. The highest BCUT2D eigenvalue weighted by atomic mass is 79.9. The minimum absolute atomic E-state index is 0.118. The van der Waals surface area contributed by atoms with E-state index in [1.807, 2.05) is 5.38 Å². The highest BCUT2D eigenvalue weighted by Gasteiger charge is 2.18. The number of anilines is 1. The molecule has 0 saturated heterocycles. The topological polar surface area (TPSA) is 98.3 Å². The van der Waals surface area contributed by atoms with Gasteiger partial charge in [-0.05, 0) is 39.5 Å². The molecule has 3 N–H and O–H groups in total. The third-order valence-electron chi connectivity index (χ3n) is 2.54. The van der Waals surface area contributed by atoms with Crippen LogP contribution in [0.5, 0.6) is 0 Å². The highest BCUT2D eigenvalue weighted by Crippen LogP contribution is 2.28. The van der Waals surface area contributed by atoms with Gasteiger partial charge in [-0.2, -0.15) is 0 Å². The Morgan fingerprint density at radius 2 is 2.20 bits per heavy atom. The number of hydrogen-bond donors (Lipinski definition) is 2. The van der Waals surface area contributed by atoms with E-state index in [0.717, 1.165) is 4.88 Å². The number of rotatable bonds is 4. The van der Waals surface area contributed by atoms with E-state index in [1.54, 1.807) is 18.2 Å². The van der Waals surface area contributed by atoms with E-state index in [2.05, 4.69) is 21.2 Å². The summed E-state index contributed by atoms with van der Waals surface area (Å²) >= 11 is 4.46. The summed E-state index contributed by atoms with van der Waals surface area (Å²) in [5, 5.41) is 15.2. The number of nitrogens with zero attached hydrogens (tertiary/aromatic N) is 1. The zero-order valence-electron chi connectivity index (χ0n) is 10.1. The lowest BCUT2D eigenvalue weighted by molar-refractivity contribution is -0.385. The number of amides is 1. The molecule has 0 aliphatic rings.